The molecule has 0 radical (unpaired) electrons. The van der Waals surface area contributed by atoms with E-state index in [0.717, 1.165) is 12.0 Å². The Bertz CT molecular complexity index is 477. The molecule has 0 bridgehead atoms. The van der Waals surface area contributed by atoms with Crippen LogP contribution < -0.4 is 5.32 Å². The smallest absolute Gasteiger partial charge is 0.326 e. The van der Waals surface area contributed by atoms with E-state index < -0.39 is 17.4 Å². The molecule has 110 valence electrons. The fourth-order valence-corrected chi connectivity index (χ4v) is 1.97. The van der Waals surface area contributed by atoms with Crippen molar-refractivity contribution in [3.8, 4) is 0 Å². The number of carbonyl (C=O) groups is 2. The van der Waals surface area contributed by atoms with E-state index in [4.69, 9.17) is 5.11 Å². The van der Waals surface area contributed by atoms with Crippen LogP contribution in [0.2, 0.25) is 0 Å². The van der Waals surface area contributed by atoms with Crippen LogP contribution in [-0.4, -0.2) is 23.0 Å². The summed E-state index contributed by atoms with van der Waals surface area (Å²) in [6.45, 7) is 7.42. The molecule has 0 saturated carbocycles. The number of aryl methyl sites for hydroxylation is 1. The molecule has 0 spiro atoms. The van der Waals surface area contributed by atoms with Crippen molar-refractivity contribution in [2.75, 3.05) is 0 Å². The van der Waals surface area contributed by atoms with E-state index in [1.54, 1.807) is 20.8 Å². The maximum atomic E-state index is 12.3. The molecule has 4 nitrogen and oxygen atoms in total. The third kappa shape index (κ3) is 3.59. The molecular formula is C16H23NO3. The van der Waals surface area contributed by atoms with Gasteiger partial charge in [0, 0.05) is 0 Å². The molecule has 0 heterocycles. The molecule has 0 fully saturated rings. The molecule has 1 aromatic rings. The van der Waals surface area contributed by atoms with E-state index in [1.165, 1.54) is 5.56 Å². The summed E-state index contributed by atoms with van der Waals surface area (Å²) >= 11 is 0. The van der Waals surface area contributed by atoms with E-state index in [-0.39, 0.29) is 5.91 Å². The number of carboxylic acid groups (broad SMARTS) is 1. The zero-order valence-electron chi connectivity index (χ0n) is 12.6. The van der Waals surface area contributed by atoms with Gasteiger partial charge in [-0.2, -0.15) is 0 Å². The van der Waals surface area contributed by atoms with Gasteiger partial charge in [0.25, 0.3) is 0 Å². The molecule has 4 heteroatoms. The molecule has 1 unspecified atom stereocenters. The van der Waals surface area contributed by atoms with Crippen LogP contribution in [-0.2, 0) is 21.4 Å². The number of benzene rings is 1. The van der Waals surface area contributed by atoms with E-state index in [2.05, 4.69) is 12.2 Å². The van der Waals surface area contributed by atoms with Crippen LogP contribution in [0.1, 0.15) is 45.2 Å². The fraction of sp³-hybridized carbons (Fsp3) is 0.500. The maximum absolute atomic E-state index is 12.3. The predicted octanol–water partition coefficient (Wildman–Crippen LogP) is 2.51. The molecule has 1 aromatic carbocycles. The fourth-order valence-electron chi connectivity index (χ4n) is 1.97. The lowest BCUT2D eigenvalue weighted by molar-refractivity contribution is -0.142. The van der Waals surface area contributed by atoms with Crippen molar-refractivity contribution in [2.24, 2.45) is 0 Å². The van der Waals surface area contributed by atoms with Gasteiger partial charge in [0.15, 0.2) is 0 Å². The highest BCUT2D eigenvalue weighted by Gasteiger charge is 2.32. The van der Waals surface area contributed by atoms with Crippen LogP contribution in [0.15, 0.2) is 24.3 Å². The first-order valence-electron chi connectivity index (χ1n) is 6.96. The Morgan fingerprint density at radius 3 is 2.15 bits per heavy atom. The lowest BCUT2D eigenvalue weighted by atomic mass is 9.83. The normalized spacial score (nSPS) is 12.8. The summed E-state index contributed by atoms with van der Waals surface area (Å²) in [6.07, 6.45) is 1.32. The second-order valence-corrected chi connectivity index (χ2v) is 5.45. The molecule has 20 heavy (non-hydrogen) atoms. The number of carbonyl (C=O) groups excluding carboxylic acids is 1. The second-order valence-electron chi connectivity index (χ2n) is 5.45. The average Bonchev–Trinajstić information content (AvgIpc) is 2.43. The molecule has 1 atom stereocenters. The van der Waals surface area contributed by atoms with Crippen LogP contribution >= 0.6 is 0 Å². The zero-order valence-corrected chi connectivity index (χ0v) is 12.6. The minimum Gasteiger partial charge on any atom is -0.480 e. The predicted molar refractivity (Wildman–Crippen MR) is 78.7 cm³/mol. The zero-order chi connectivity index (χ0) is 15.3. The number of hydrogen-bond donors (Lipinski definition) is 2. The van der Waals surface area contributed by atoms with Crippen molar-refractivity contribution in [1.82, 2.24) is 5.32 Å². The Hall–Kier alpha value is -1.84. The van der Waals surface area contributed by atoms with Crippen LogP contribution in [0.5, 0.6) is 0 Å². The molecule has 1 amide bonds. The minimum atomic E-state index is -1.00. The number of amides is 1. The van der Waals surface area contributed by atoms with Gasteiger partial charge in [0.1, 0.15) is 6.04 Å². The Morgan fingerprint density at radius 2 is 1.75 bits per heavy atom. The van der Waals surface area contributed by atoms with Gasteiger partial charge in [0.2, 0.25) is 5.91 Å². The lowest BCUT2D eigenvalue weighted by Gasteiger charge is -2.26. The van der Waals surface area contributed by atoms with Gasteiger partial charge in [-0.3, -0.25) is 4.79 Å². The maximum Gasteiger partial charge on any atom is 0.326 e. The number of nitrogens with one attached hydrogen (secondary N) is 1. The van der Waals surface area contributed by atoms with Gasteiger partial charge in [0.05, 0.1) is 5.41 Å². The first-order chi connectivity index (χ1) is 9.32. The summed E-state index contributed by atoms with van der Waals surface area (Å²) in [5.41, 5.74) is 1.34. The number of hydrogen-bond acceptors (Lipinski definition) is 2. The van der Waals surface area contributed by atoms with Crippen LogP contribution in [0, 0.1) is 0 Å². The molecule has 0 aliphatic heterocycles. The highest BCUT2D eigenvalue weighted by atomic mass is 16.4. The molecule has 2 N–H and O–H groups in total. The van der Waals surface area contributed by atoms with E-state index >= 15 is 0 Å². The first kappa shape index (κ1) is 16.2. The Morgan fingerprint density at radius 1 is 1.20 bits per heavy atom. The van der Waals surface area contributed by atoms with Crippen LogP contribution in [0.3, 0.4) is 0 Å². The summed E-state index contributed by atoms with van der Waals surface area (Å²) in [5.74, 6) is -1.27. The second kappa shape index (κ2) is 6.55. The van der Waals surface area contributed by atoms with Crippen molar-refractivity contribution in [3.05, 3.63) is 35.4 Å². The quantitative estimate of drug-likeness (QED) is 0.839. The van der Waals surface area contributed by atoms with Gasteiger partial charge < -0.3 is 10.4 Å². The lowest BCUT2D eigenvalue weighted by Crippen LogP contribution is -2.48. The third-order valence-electron chi connectivity index (χ3n) is 3.66. The van der Waals surface area contributed by atoms with E-state index in [9.17, 15) is 9.59 Å². The van der Waals surface area contributed by atoms with Crippen molar-refractivity contribution in [1.29, 1.82) is 0 Å². The van der Waals surface area contributed by atoms with Gasteiger partial charge in [-0.1, -0.05) is 38.1 Å². The third-order valence-corrected chi connectivity index (χ3v) is 3.66. The number of aliphatic carboxylic acids is 1. The van der Waals surface area contributed by atoms with Gasteiger partial charge in [-0.05, 0) is 37.8 Å². The Kier molecular flexibility index (Phi) is 5.31. The van der Waals surface area contributed by atoms with Crippen molar-refractivity contribution >= 4 is 11.9 Å². The highest BCUT2D eigenvalue weighted by molar-refractivity contribution is 5.90. The van der Waals surface area contributed by atoms with Crippen molar-refractivity contribution < 1.29 is 14.7 Å². The Balaban J connectivity index is 2.90. The summed E-state index contributed by atoms with van der Waals surface area (Å²) in [6, 6.07) is 7.02. The summed E-state index contributed by atoms with van der Waals surface area (Å²) in [7, 11) is 0. The van der Waals surface area contributed by atoms with E-state index in [0.29, 0.717) is 6.42 Å². The standard InChI is InChI=1S/C16H23NO3/c1-5-11-7-9-12(10-8-11)16(3,4)15(20)17-13(6-2)14(18)19/h7-10,13H,5-6H2,1-4H3,(H,17,20)(H,18,19). The van der Waals surface area contributed by atoms with Gasteiger partial charge >= 0.3 is 5.97 Å². The summed E-state index contributed by atoms with van der Waals surface area (Å²) < 4.78 is 0. The summed E-state index contributed by atoms with van der Waals surface area (Å²) in [5, 5.41) is 11.6. The first-order valence-corrected chi connectivity index (χ1v) is 6.96. The van der Waals surface area contributed by atoms with Crippen molar-refractivity contribution in [3.63, 3.8) is 0 Å². The average molecular weight is 277 g/mol. The molecule has 0 aliphatic carbocycles. The van der Waals surface area contributed by atoms with Crippen LogP contribution in [0.25, 0.3) is 0 Å². The van der Waals surface area contributed by atoms with Gasteiger partial charge in [-0.25, -0.2) is 4.79 Å². The summed E-state index contributed by atoms with van der Waals surface area (Å²) in [4.78, 5) is 23.3. The Labute approximate surface area is 120 Å². The largest absolute Gasteiger partial charge is 0.480 e. The van der Waals surface area contributed by atoms with Crippen molar-refractivity contribution in [2.45, 2.75) is 52.0 Å². The number of rotatable bonds is 6. The molecule has 1 rings (SSSR count). The number of carboxylic acids is 1. The highest BCUT2D eigenvalue weighted by Crippen LogP contribution is 2.24. The molecule has 0 aliphatic rings. The SMILES string of the molecule is CCc1ccc(C(C)(C)C(=O)NC(CC)C(=O)O)cc1. The minimum absolute atomic E-state index is 0.268. The monoisotopic (exact) mass is 277 g/mol. The van der Waals surface area contributed by atoms with Gasteiger partial charge in [-0.15, -0.1) is 0 Å². The molecular weight excluding hydrogens is 254 g/mol. The van der Waals surface area contributed by atoms with E-state index in [1.807, 2.05) is 24.3 Å². The van der Waals surface area contributed by atoms with Crippen LogP contribution in [0.4, 0.5) is 0 Å². The topological polar surface area (TPSA) is 66.4 Å². The molecule has 0 saturated heterocycles. The molecule has 0 aromatic heterocycles.